The van der Waals surface area contributed by atoms with Gasteiger partial charge in [0.05, 0.1) is 12.0 Å². The van der Waals surface area contributed by atoms with Crippen molar-refractivity contribution in [1.82, 2.24) is 19.8 Å². The summed E-state index contributed by atoms with van der Waals surface area (Å²) in [4.78, 5) is 6.72. The smallest absolute Gasteiger partial charge is 0.0951 e. The number of imidazole rings is 1. The van der Waals surface area contributed by atoms with Gasteiger partial charge in [0, 0.05) is 25.3 Å². The first-order valence-electron chi connectivity index (χ1n) is 6.71. The third-order valence-electron chi connectivity index (χ3n) is 3.47. The molecule has 1 fully saturated rings. The summed E-state index contributed by atoms with van der Waals surface area (Å²) >= 11 is 0. The number of hydrogen-bond donors (Lipinski definition) is 1. The monoisotopic (exact) mass is 236 g/mol. The lowest BCUT2D eigenvalue weighted by atomic mass is 10.1. The number of nitrogens with one attached hydrogen (secondary N) is 1. The van der Waals surface area contributed by atoms with Crippen LogP contribution in [0.1, 0.15) is 37.9 Å². The van der Waals surface area contributed by atoms with Crippen LogP contribution in [0.5, 0.6) is 0 Å². The van der Waals surface area contributed by atoms with Gasteiger partial charge < -0.3 is 14.8 Å². The van der Waals surface area contributed by atoms with E-state index in [1.165, 1.54) is 31.5 Å². The summed E-state index contributed by atoms with van der Waals surface area (Å²) in [5, 5.41) is 3.45. The molecular weight excluding hydrogens is 212 g/mol. The molecule has 1 aromatic rings. The summed E-state index contributed by atoms with van der Waals surface area (Å²) in [6, 6.07) is 0.606. The number of piperidine rings is 1. The number of likely N-dealkylation sites (tertiary alicyclic amines) is 1. The van der Waals surface area contributed by atoms with Crippen LogP contribution in [0.25, 0.3) is 0 Å². The van der Waals surface area contributed by atoms with Crippen molar-refractivity contribution < 1.29 is 0 Å². The number of aromatic nitrogens is 2. The van der Waals surface area contributed by atoms with Crippen molar-refractivity contribution in [1.29, 1.82) is 0 Å². The van der Waals surface area contributed by atoms with E-state index in [0.717, 1.165) is 19.6 Å². The molecule has 1 aliphatic heterocycles. The Morgan fingerprint density at radius 1 is 1.53 bits per heavy atom. The number of likely N-dealkylation sites (N-methyl/N-ethyl adjacent to an activating group) is 1. The summed E-state index contributed by atoms with van der Waals surface area (Å²) in [5.41, 5.74) is 1.32. The molecule has 1 saturated heterocycles. The van der Waals surface area contributed by atoms with Crippen LogP contribution >= 0.6 is 0 Å². The molecule has 0 aromatic carbocycles. The minimum absolute atomic E-state index is 0.606. The van der Waals surface area contributed by atoms with Crippen LogP contribution in [0.15, 0.2) is 12.5 Å². The zero-order valence-electron chi connectivity index (χ0n) is 11.0. The van der Waals surface area contributed by atoms with Crippen LogP contribution in [0, 0.1) is 0 Å². The lowest BCUT2D eigenvalue weighted by Crippen LogP contribution is -2.34. The summed E-state index contributed by atoms with van der Waals surface area (Å²) in [7, 11) is 2.21. The van der Waals surface area contributed by atoms with Gasteiger partial charge in [-0.15, -0.1) is 0 Å². The van der Waals surface area contributed by atoms with Gasteiger partial charge in [0.1, 0.15) is 0 Å². The Hall–Kier alpha value is -0.870. The molecule has 2 rings (SSSR count). The molecule has 4 nitrogen and oxygen atoms in total. The van der Waals surface area contributed by atoms with Crippen molar-refractivity contribution in [2.75, 3.05) is 26.7 Å². The van der Waals surface area contributed by atoms with E-state index in [0.29, 0.717) is 6.04 Å². The molecule has 1 unspecified atom stereocenters. The fourth-order valence-electron chi connectivity index (χ4n) is 2.56. The molecule has 0 aliphatic carbocycles. The highest BCUT2D eigenvalue weighted by molar-refractivity contribution is 5.01. The van der Waals surface area contributed by atoms with Crippen molar-refractivity contribution in [2.24, 2.45) is 0 Å². The van der Waals surface area contributed by atoms with Gasteiger partial charge in [0.15, 0.2) is 0 Å². The average Bonchev–Trinajstić information content (AvgIpc) is 2.78. The van der Waals surface area contributed by atoms with Crippen LogP contribution in [0.3, 0.4) is 0 Å². The van der Waals surface area contributed by atoms with Gasteiger partial charge in [-0.2, -0.15) is 0 Å². The van der Waals surface area contributed by atoms with Crippen LogP contribution in [-0.2, 0) is 6.54 Å². The lowest BCUT2D eigenvalue weighted by molar-refractivity contribution is 0.209. The van der Waals surface area contributed by atoms with Gasteiger partial charge in [-0.1, -0.05) is 6.92 Å². The molecule has 1 atom stereocenters. The minimum Gasteiger partial charge on any atom is -0.329 e. The number of hydrogen-bond acceptors (Lipinski definition) is 3. The summed E-state index contributed by atoms with van der Waals surface area (Å²) in [6.07, 6.45) is 7.74. The fourth-order valence-corrected chi connectivity index (χ4v) is 2.56. The van der Waals surface area contributed by atoms with E-state index in [1.54, 1.807) is 0 Å². The summed E-state index contributed by atoms with van der Waals surface area (Å²) < 4.78 is 2.36. The van der Waals surface area contributed by atoms with Crippen LogP contribution in [0.4, 0.5) is 0 Å². The third-order valence-corrected chi connectivity index (χ3v) is 3.47. The van der Waals surface area contributed by atoms with Crippen LogP contribution < -0.4 is 5.32 Å². The predicted octanol–water partition coefficient (Wildman–Crippen LogP) is 1.65. The fraction of sp³-hybridized carbons (Fsp3) is 0.769. The predicted molar refractivity (Wildman–Crippen MR) is 70.0 cm³/mol. The van der Waals surface area contributed by atoms with E-state index in [-0.39, 0.29) is 0 Å². The van der Waals surface area contributed by atoms with Gasteiger partial charge in [0.25, 0.3) is 0 Å². The van der Waals surface area contributed by atoms with Gasteiger partial charge in [-0.05, 0) is 39.4 Å². The Balaban J connectivity index is 1.97. The van der Waals surface area contributed by atoms with E-state index in [9.17, 15) is 0 Å². The van der Waals surface area contributed by atoms with Crippen LogP contribution in [0.2, 0.25) is 0 Å². The first kappa shape index (κ1) is 12.6. The molecule has 0 amide bonds. The van der Waals surface area contributed by atoms with E-state index in [1.807, 2.05) is 12.5 Å². The minimum atomic E-state index is 0.606. The quantitative estimate of drug-likeness (QED) is 0.789. The first-order chi connectivity index (χ1) is 8.31. The number of nitrogens with zero attached hydrogens (tertiary/aromatic N) is 3. The number of rotatable bonds is 5. The van der Waals surface area contributed by atoms with Crippen molar-refractivity contribution in [2.45, 2.75) is 38.8 Å². The molecular formula is C13H24N4. The average molecular weight is 236 g/mol. The molecule has 0 saturated carbocycles. The molecule has 0 radical (unpaired) electrons. The Labute approximate surface area is 104 Å². The van der Waals surface area contributed by atoms with Crippen molar-refractivity contribution >= 4 is 0 Å². The van der Waals surface area contributed by atoms with Gasteiger partial charge in [0.2, 0.25) is 0 Å². The molecule has 17 heavy (non-hydrogen) atoms. The summed E-state index contributed by atoms with van der Waals surface area (Å²) in [5.74, 6) is 0. The first-order valence-corrected chi connectivity index (χ1v) is 6.71. The SMILES string of the molecule is CCCNCc1cncn1C1CCCN(C)C1. The van der Waals surface area contributed by atoms with Crippen molar-refractivity contribution in [3.05, 3.63) is 18.2 Å². The van der Waals surface area contributed by atoms with Crippen molar-refractivity contribution in [3.63, 3.8) is 0 Å². The van der Waals surface area contributed by atoms with Gasteiger partial charge in [-0.25, -0.2) is 4.98 Å². The third kappa shape index (κ3) is 3.30. The summed E-state index contributed by atoms with van der Waals surface area (Å²) in [6.45, 7) is 6.59. The maximum atomic E-state index is 4.31. The molecule has 96 valence electrons. The second-order valence-corrected chi connectivity index (χ2v) is 5.03. The Morgan fingerprint density at radius 3 is 3.18 bits per heavy atom. The normalized spacial score (nSPS) is 21.9. The maximum absolute atomic E-state index is 4.31. The standard InChI is InChI=1S/C13H24N4/c1-3-6-14-8-13-9-15-11-17(13)12-5-4-7-16(2)10-12/h9,11-12,14H,3-8,10H2,1-2H3. The van der Waals surface area contributed by atoms with E-state index < -0.39 is 0 Å². The Morgan fingerprint density at radius 2 is 2.41 bits per heavy atom. The van der Waals surface area contributed by atoms with Gasteiger partial charge >= 0.3 is 0 Å². The highest BCUT2D eigenvalue weighted by Crippen LogP contribution is 2.21. The highest BCUT2D eigenvalue weighted by Gasteiger charge is 2.20. The zero-order valence-corrected chi connectivity index (χ0v) is 11.0. The van der Waals surface area contributed by atoms with Gasteiger partial charge in [-0.3, -0.25) is 0 Å². The van der Waals surface area contributed by atoms with Crippen LogP contribution in [-0.4, -0.2) is 41.1 Å². The largest absolute Gasteiger partial charge is 0.329 e. The molecule has 1 aliphatic rings. The van der Waals surface area contributed by atoms with E-state index in [2.05, 4.69) is 33.7 Å². The Kier molecular flexibility index (Phi) is 4.57. The lowest BCUT2D eigenvalue weighted by Gasteiger charge is -2.31. The van der Waals surface area contributed by atoms with E-state index >= 15 is 0 Å². The second kappa shape index (κ2) is 6.17. The molecule has 0 spiro atoms. The molecule has 1 N–H and O–H groups in total. The second-order valence-electron chi connectivity index (χ2n) is 5.03. The Bertz CT molecular complexity index is 334. The van der Waals surface area contributed by atoms with Crippen molar-refractivity contribution in [3.8, 4) is 0 Å². The molecule has 2 heterocycles. The topological polar surface area (TPSA) is 33.1 Å². The molecule has 4 heteroatoms. The molecule has 0 bridgehead atoms. The van der Waals surface area contributed by atoms with E-state index in [4.69, 9.17) is 0 Å². The zero-order chi connectivity index (χ0) is 12.1. The highest BCUT2D eigenvalue weighted by atomic mass is 15.2. The molecule has 1 aromatic heterocycles. The maximum Gasteiger partial charge on any atom is 0.0951 e.